The quantitative estimate of drug-likeness (QED) is 0.172. The highest BCUT2D eigenvalue weighted by Gasteiger charge is 2.61. The Morgan fingerprint density at radius 2 is 0.983 bits per heavy atom. The van der Waals surface area contributed by atoms with E-state index in [2.05, 4.69) is 103 Å². The van der Waals surface area contributed by atoms with E-state index < -0.39 is 0 Å². The zero-order valence-corrected chi connectivity index (χ0v) is 43.2. The van der Waals surface area contributed by atoms with Gasteiger partial charge in [0.2, 0.25) is 0 Å². The molecular formula is C60H106. The van der Waals surface area contributed by atoms with Gasteiger partial charge in [-0.3, -0.25) is 0 Å². The molecule has 0 aromatic carbocycles. The van der Waals surface area contributed by atoms with Crippen molar-refractivity contribution in [3.8, 4) is 0 Å². The summed E-state index contributed by atoms with van der Waals surface area (Å²) < 4.78 is 0. The van der Waals surface area contributed by atoms with Gasteiger partial charge in [-0.2, -0.15) is 0 Å². The third kappa shape index (κ3) is 9.00. The van der Waals surface area contributed by atoms with Gasteiger partial charge in [0, 0.05) is 0 Å². The highest BCUT2D eigenvalue weighted by Crippen LogP contribution is 2.70. The van der Waals surface area contributed by atoms with E-state index >= 15 is 0 Å². The van der Waals surface area contributed by atoms with E-state index in [0.29, 0.717) is 21.7 Å². The van der Waals surface area contributed by atoms with Crippen molar-refractivity contribution in [3.63, 3.8) is 0 Å². The number of fused-ring (bicyclic) bond motifs is 10. The Kier molecular flexibility index (Phi) is 15.0. The molecule has 0 N–H and O–H groups in total. The molecule has 0 amide bonds. The first-order valence-electron chi connectivity index (χ1n) is 28.0. The number of allylic oxidation sites excluding steroid dienone is 2. The van der Waals surface area contributed by atoms with Gasteiger partial charge in [0.25, 0.3) is 0 Å². The van der Waals surface area contributed by atoms with Crippen LogP contribution in [0.15, 0.2) is 11.6 Å². The van der Waals surface area contributed by atoms with Gasteiger partial charge in [-0.05, 0) is 231 Å². The molecule has 0 saturated heterocycles. The van der Waals surface area contributed by atoms with Crippen LogP contribution >= 0.6 is 0 Å². The molecule has 346 valence electrons. The molecule has 0 nitrogen and oxygen atoms in total. The molecule has 0 aromatic rings. The lowest BCUT2D eigenvalue weighted by atomic mass is 9.43. The van der Waals surface area contributed by atoms with Crippen LogP contribution in [0.5, 0.6) is 0 Å². The number of hydrogen-bond acceptors (Lipinski definition) is 0. The van der Waals surface area contributed by atoms with Gasteiger partial charge in [-0.15, -0.1) is 0 Å². The van der Waals surface area contributed by atoms with Gasteiger partial charge in [0.1, 0.15) is 0 Å². The Balaban J connectivity index is 0.000000181. The van der Waals surface area contributed by atoms with E-state index in [0.717, 1.165) is 101 Å². The van der Waals surface area contributed by atoms with Crippen molar-refractivity contribution in [2.45, 2.75) is 245 Å². The molecule has 0 radical (unpaired) electrons. The summed E-state index contributed by atoms with van der Waals surface area (Å²) in [5.74, 6) is 16.5. The lowest BCUT2D eigenvalue weighted by Gasteiger charge is -2.61. The largest absolute Gasteiger partial charge is 0.0845 e. The Labute approximate surface area is 377 Å². The maximum atomic E-state index is 2.78. The first kappa shape index (κ1) is 47.7. The SMILES string of the molecule is CC(C)CCCC(C)C1CCC2C3CC=C4CC(C(C)C)CCC4(C)C3CCC12C.CC(C)CCCC(C)C1CCC2C3CCC4CC(C(C)C)CCC4(C)C3CCC12C. The maximum absolute atomic E-state index is 2.78. The average Bonchev–Trinajstić information content (AvgIpc) is 3.74. The zero-order valence-electron chi connectivity index (χ0n) is 43.2. The smallest absolute Gasteiger partial charge is 0.00851 e. The molecule has 0 heteroatoms. The van der Waals surface area contributed by atoms with Crippen LogP contribution in [-0.2, 0) is 0 Å². The fraction of sp³-hybridized carbons (Fsp3) is 0.967. The summed E-state index contributed by atoms with van der Waals surface area (Å²) >= 11 is 0. The van der Waals surface area contributed by atoms with Crippen LogP contribution in [0, 0.1) is 122 Å². The van der Waals surface area contributed by atoms with Crippen molar-refractivity contribution < 1.29 is 0 Å². The number of rotatable bonds is 12. The van der Waals surface area contributed by atoms with Gasteiger partial charge < -0.3 is 0 Å². The molecule has 8 aliphatic carbocycles. The fourth-order valence-corrected chi connectivity index (χ4v) is 19.2. The minimum atomic E-state index is 0.538. The second-order valence-electron chi connectivity index (χ2n) is 27.5. The van der Waals surface area contributed by atoms with Crippen LogP contribution in [0.25, 0.3) is 0 Å². The van der Waals surface area contributed by atoms with E-state index in [1.807, 2.05) is 5.57 Å². The van der Waals surface area contributed by atoms with Crippen LogP contribution in [0.2, 0.25) is 0 Å². The summed E-state index contributed by atoms with van der Waals surface area (Å²) in [5.41, 5.74) is 4.40. The lowest BCUT2D eigenvalue weighted by Crippen LogP contribution is -2.54. The summed E-state index contributed by atoms with van der Waals surface area (Å²) in [6.07, 6.45) is 37.3. The third-order valence-corrected chi connectivity index (χ3v) is 23.1. The molecule has 17 atom stereocenters. The standard InChI is InChI=1S/C30H54.C30H52/c2*1-20(2)9-8-10-22(5)26-13-14-27-25-12-11-24-19-23(21(3)4)15-17-29(24,6)28(25)16-18-30(26,27)7/h20-28H,8-19H2,1-7H3;11,20-23,25-28H,8-10,12-19H2,1-7H3. The summed E-state index contributed by atoms with van der Waals surface area (Å²) in [4.78, 5) is 0. The van der Waals surface area contributed by atoms with Crippen LogP contribution in [-0.4, -0.2) is 0 Å². The predicted molar refractivity (Wildman–Crippen MR) is 263 cm³/mol. The van der Waals surface area contributed by atoms with Crippen LogP contribution in [0.4, 0.5) is 0 Å². The highest BCUT2D eigenvalue weighted by atomic mass is 14.7. The Morgan fingerprint density at radius 1 is 0.483 bits per heavy atom. The van der Waals surface area contributed by atoms with Crippen molar-refractivity contribution in [2.24, 2.45) is 122 Å². The lowest BCUT2D eigenvalue weighted by molar-refractivity contribution is -0.123. The van der Waals surface area contributed by atoms with Gasteiger partial charge in [-0.25, -0.2) is 0 Å². The Morgan fingerprint density at radius 3 is 1.53 bits per heavy atom. The van der Waals surface area contributed by atoms with Crippen molar-refractivity contribution in [2.75, 3.05) is 0 Å². The van der Waals surface area contributed by atoms with Crippen molar-refractivity contribution >= 4 is 0 Å². The van der Waals surface area contributed by atoms with Crippen LogP contribution < -0.4 is 0 Å². The van der Waals surface area contributed by atoms with E-state index in [1.165, 1.54) is 96.3 Å². The topological polar surface area (TPSA) is 0 Å². The molecule has 7 fully saturated rings. The molecule has 0 spiro atoms. The van der Waals surface area contributed by atoms with Gasteiger partial charge in [0.05, 0.1) is 0 Å². The summed E-state index contributed by atoms with van der Waals surface area (Å²) in [6, 6.07) is 0. The van der Waals surface area contributed by atoms with Gasteiger partial charge in [0.15, 0.2) is 0 Å². The Bertz CT molecular complexity index is 1410. The maximum Gasteiger partial charge on any atom is -0.00851 e. The molecule has 8 rings (SSSR count). The monoisotopic (exact) mass is 827 g/mol. The minimum absolute atomic E-state index is 0.538. The highest BCUT2D eigenvalue weighted by molar-refractivity contribution is 5.25. The van der Waals surface area contributed by atoms with E-state index in [-0.39, 0.29) is 0 Å². The molecule has 0 aromatic heterocycles. The van der Waals surface area contributed by atoms with E-state index in [9.17, 15) is 0 Å². The zero-order chi connectivity index (χ0) is 43.4. The van der Waals surface area contributed by atoms with Crippen molar-refractivity contribution in [3.05, 3.63) is 11.6 Å². The van der Waals surface area contributed by atoms with Crippen molar-refractivity contribution in [1.82, 2.24) is 0 Å². The molecule has 0 heterocycles. The summed E-state index contributed by atoms with van der Waals surface area (Å²) in [5, 5.41) is 0. The van der Waals surface area contributed by atoms with Gasteiger partial charge in [-0.1, -0.05) is 147 Å². The fourth-order valence-electron chi connectivity index (χ4n) is 19.2. The third-order valence-electron chi connectivity index (χ3n) is 23.1. The van der Waals surface area contributed by atoms with E-state index in [4.69, 9.17) is 0 Å². The molecule has 8 aliphatic rings. The first-order valence-corrected chi connectivity index (χ1v) is 28.0. The second-order valence-corrected chi connectivity index (χ2v) is 27.5. The summed E-state index contributed by atoms with van der Waals surface area (Å²) in [6.45, 7) is 35.6. The molecule has 60 heavy (non-hydrogen) atoms. The molecular weight excluding hydrogens is 721 g/mol. The normalized spacial score (nSPS) is 45.8. The Hall–Kier alpha value is -0.260. The van der Waals surface area contributed by atoms with E-state index in [1.54, 1.807) is 51.4 Å². The molecule has 7 saturated carbocycles. The molecule has 0 bridgehead atoms. The van der Waals surface area contributed by atoms with Gasteiger partial charge >= 0.3 is 0 Å². The second kappa shape index (κ2) is 18.9. The minimum Gasteiger partial charge on any atom is -0.0845 e. The molecule has 17 unspecified atom stereocenters. The predicted octanol–water partition coefficient (Wildman–Crippen LogP) is 18.7. The summed E-state index contributed by atoms with van der Waals surface area (Å²) in [7, 11) is 0. The van der Waals surface area contributed by atoms with Crippen LogP contribution in [0.3, 0.4) is 0 Å². The average molecular weight is 828 g/mol. The number of hydrogen-bond donors (Lipinski definition) is 0. The van der Waals surface area contributed by atoms with Crippen LogP contribution in [0.1, 0.15) is 245 Å². The first-order chi connectivity index (χ1) is 28.3. The van der Waals surface area contributed by atoms with Crippen molar-refractivity contribution in [1.29, 1.82) is 0 Å². The molecule has 0 aliphatic heterocycles.